The number of ketones is 2. The van der Waals surface area contributed by atoms with Gasteiger partial charge in [-0.25, -0.2) is 0 Å². The molecular weight excluding hydrogens is 316 g/mol. The average Bonchev–Trinajstić information content (AvgIpc) is 2.54. The van der Waals surface area contributed by atoms with Gasteiger partial charge in [-0.1, -0.05) is 6.08 Å². The number of benzene rings is 1. The first-order valence-corrected chi connectivity index (χ1v) is 7.20. The zero-order valence-corrected chi connectivity index (χ0v) is 13.3. The molecule has 0 saturated heterocycles. The summed E-state index contributed by atoms with van der Waals surface area (Å²) < 4.78 is 10.0. The van der Waals surface area contributed by atoms with Crippen LogP contribution in [0, 0.1) is 11.8 Å². The van der Waals surface area contributed by atoms with Crippen molar-refractivity contribution in [3.05, 3.63) is 40.4 Å². The minimum Gasteiger partial charge on any atom is -0.504 e. The van der Waals surface area contributed by atoms with Gasteiger partial charge in [-0.3, -0.25) is 9.59 Å². The van der Waals surface area contributed by atoms with Crippen molar-refractivity contribution in [2.45, 2.75) is 6.92 Å². The molecule has 24 heavy (non-hydrogen) atoms. The number of hydrogen-bond acceptors (Lipinski definition) is 7. The van der Waals surface area contributed by atoms with Gasteiger partial charge in [0, 0.05) is 5.56 Å². The third kappa shape index (κ3) is 1.90. The summed E-state index contributed by atoms with van der Waals surface area (Å²) in [5.74, 6) is -4.53. The molecule has 1 aromatic rings. The van der Waals surface area contributed by atoms with Crippen molar-refractivity contribution in [3.63, 3.8) is 0 Å². The fourth-order valence-corrected chi connectivity index (χ4v) is 3.30. The van der Waals surface area contributed by atoms with Crippen molar-refractivity contribution < 1.29 is 34.4 Å². The summed E-state index contributed by atoms with van der Waals surface area (Å²) in [6.07, 6.45) is 1.49. The molecule has 0 amide bonds. The number of phenolic OH excluding ortho intramolecular Hbond substituents is 2. The molecule has 7 nitrogen and oxygen atoms in total. The fourth-order valence-electron chi connectivity index (χ4n) is 3.30. The van der Waals surface area contributed by atoms with Crippen LogP contribution < -0.4 is 4.74 Å². The Kier molecular flexibility index (Phi) is 3.51. The second-order valence-corrected chi connectivity index (χ2v) is 5.70. The van der Waals surface area contributed by atoms with E-state index >= 15 is 0 Å². The van der Waals surface area contributed by atoms with Crippen LogP contribution in [0.5, 0.6) is 17.2 Å². The number of phenols is 2. The van der Waals surface area contributed by atoms with Crippen molar-refractivity contribution in [2.75, 3.05) is 14.2 Å². The van der Waals surface area contributed by atoms with E-state index in [2.05, 4.69) is 0 Å². The van der Waals surface area contributed by atoms with E-state index in [0.29, 0.717) is 5.57 Å². The maximum absolute atomic E-state index is 12.9. The first kappa shape index (κ1) is 15.9. The molecule has 0 aromatic heterocycles. The van der Waals surface area contributed by atoms with Crippen LogP contribution in [0.15, 0.2) is 29.2 Å². The minimum absolute atomic E-state index is 0.0181. The lowest BCUT2D eigenvalue weighted by molar-refractivity contribution is 0.0719. The molecule has 2 atom stereocenters. The van der Waals surface area contributed by atoms with E-state index in [4.69, 9.17) is 9.47 Å². The highest BCUT2D eigenvalue weighted by atomic mass is 16.5. The van der Waals surface area contributed by atoms with Crippen molar-refractivity contribution in [1.82, 2.24) is 0 Å². The molecule has 0 heterocycles. The zero-order valence-electron chi connectivity index (χ0n) is 13.3. The smallest absolute Gasteiger partial charge is 0.203 e. The van der Waals surface area contributed by atoms with E-state index in [1.54, 1.807) is 6.92 Å². The minimum atomic E-state index is -1.07. The summed E-state index contributed by atoms with van der Waals surface area (Å²) >= 11 is 0. The Balaban J connectivity index is 2.30. The van der Waals surface area contributed by atoms with Gasteiger partial charge >= 0.3 is 0 Å². The molecule has 0 saturated carbocycles. The molecule has 2 unspecified atom stereocenters. The van der Waals surface area contributed by atoms with E-state index in [1.807, 2.05) is 0 Å². The maximum Gasteiger partial charge on any atom is 0.203 e. The summed E-state index contributed by atoms with van der Waals surface area (Å²) in [7, 11) is 2.52. The first-order valence-electron chi connectivity index (χ1n) is 7.20. The van der Waals surface area contributed by atoms with Crippen LogP contribution in [-0.4, -0.2) is 41.1 Å². The van der Waals surface area contributed by atoms with Crippen molar-refractivity contribution in [3.8, 4) is 17.2 Å². The number of fused-ring (bicyclic) bond motifs is 2. The SMILES string of the molecule is COC1=C(O)C(C)=CC2C(=O)c3cc(O)c(OC)c(O)c3C(=O)C12. The molecule has 3 rings (SSSR count). The van der Waals surface area contributed by atoms with Gasteiger partial charge in [0.2, 0.25) is 5.75 Å². The van der Waals surface area contributed by atoms with E-state index in [1.165, 1.54) is 20.3 Å². The van der Waals surface area contributed by atoms with Crippen LogP contribution in [0.25, 0.3) is 0 Å². The number of allylic oxidation sites excluding steroid dienone is 3. The van der Waals surface area contributed by atoms with Crippen LogP contribution in [0.3, 0.4) is 0 Å². The Bertz CT molecular complexity index is 832. The summed E-state index contributed by atoms with van der Waals surface area (Å²) in [6.45, 7) is 1.60. The number of Topliss-reactive ketones (excluding diaryl/α,β-unsaturated/α-hetero) is 2. The maximum atomic E-state index is 12.9. The molecule has 0 radical (unpaired) electrons. The van der Waals surface area contributed by atoms with Crippen molar-refractivity contribution in [2.24, 2.45) is 11.8 Å². The Hall–Kier alpha value is -2.96. The second kappa shape index (κ2) is 5.30. The molecule has 126 valence electrons. The van der Waals surface area contributed by atoms with Crippen LogP contribution in [-0.2, 0) is 4.74 Å². The molecular formula is C17H16O7. The summed E-state index contributed by atoms with van der Waals surface area (Å²) in [5, 5.41) is 30.3. The van der Waals surface area contributed by atoms with Crippen LogP contribution >= 0.6 is 0 Å². The van der Waals surface area contributed by atoms with Crippen molar-refractivity contribution in [1.29, 1.82) is 0 Å². The van der Waals surface area contributed by atoms with Gasteiger partial charge in [0.1, 0.15) is 5.76 Å². The molecule has 0 bridgehead atoms. The average molecular weight is 332 g/mol. The van der Waals surface area contributed by atoms with E-state index in [0.717, 1.165) is 6.07 Å². The Labute approximate surface area is 137 Å². The Morgan fingerprint density at radius 2 is 1.71 bits per heavy atom. The highest BCUT2D eigenvalue weighted by Gasteiger charge is 2.48. The normalized spacial score (nSPS) is 22.7. The predicted octanol–water partition coefficient (Wildman–Crippen LogP) is 2.09. The largest absolute Gasteiger partial charge is 0.504 e. The van der Waals surface area contributed by atoms with Gasteiger partial charge in [0.25, 0.3) is 0 Å². The molecule has 7 heteroatoms. The van der Waals surface area contributed by atoms with E-state index in [9.17, 15) is 24.9 Å². The molecule has 2 aliphatic carbocycles. The van der Waals surface area contributed by atoms with Crippen molar-refractivity contribution >= 4 is 11.6 Å². The van der Waals surface area contributed by atoms with Crippen LogP contribution in [0.2, 0.25) is 0 Å². The third-order valence-corrected chi connectivity index (χ3v) is 4.43. The van der Waals surface area contributed by atoms with Gasteiger partial charge in [-0.05, 0) is 18.6 Å². The number of ether oxygens (including phenoxy) is 2. The van der Waals surface area contributed by atoms with Crippen LogP contribution in [0.1, 0.15) is 27.6 Å². The summed E-state index contributed by atoms with van der Waals surface area (Å²) in [6, 6.07) is 1.11. The molecule has 1 aromatic carbocycles. The number of carbonyl (C=O) groups excluding carboxylic acids is 2. The number of methoxy groups -OCH3 is 2. The Morgan fingerprint density at radius 1 is 1.04 bits per heavy atom. The number of carbonyl (C=O) groups is 2. The predicted molar refractivity (Wildman–Crippen MR) is 82.4 cm³/mol. The molecule has 0 fully saturated rings. The van der Waals surface area contributed by atoms with Crippen LogP contribution in [0.4, 0.5) is 0 Å². The number of rotatable bonds is 2. The third-order valence-electron chi connectivity index (χ3n) is 4.43. The van der Waals surface area contributed by atoms with E-state index < -0.39 is 34.9 Å². The first-order chi connectivity index (χ1) is 11.3. The molecule has 2 aliphatic rings. The zero-order chi connectivity index (χ0) is 17.8. The molecule has 3 N–H and O–H groups in total. The summed E-state index contributed by atoms with van der Waals surface area (Å²) in [4.78, 5) is 25.7. The monoisotopic (exact) mass is 332 g/mol. The number of aromatic hydroxyl groups is 2. The lowest BCUT2D eigenvalue weighted by atomic mass is 9.69. The standard InChI is InChI=1S/C17H16O7/c1-6-4-7-11(17(24-3)12(6)19)14(21)10-8(13(7)20)5-9(18)16(23-2)15(10)22/h4-5,7,11,18-19,22H,1-3H3. The van der Waals surface area contributed by atoms with Gasteiger partial charge in [-0.2, -0.15) is 0 Å². The number of aliphatic hydroxyl groups is 1. The molecule has 0 aliphatic heterocycles. The fraction of sp³-hybridized carbons (Fsp3) is 0.294. The van der Waals surface area contributed by atoms with E-state index in [-0.39, 0.29) is 28.4 Å². The molecule has 0 spiro atoms. The second-order valence-electron chi connectivity index (χ2n) is 5.70. The topological polar surface area (TPSA) is 113 Å². The Morgan fingerprint density at radius 3 is 2.29 bits per heavy atom. The lowest BCUT2D eigenvalue weighted by Crippen LogP contribution is -2.39. The highest BCUT2D eigenvalue weighted by Crippen LogP contribution is 2.48. The van der Waals surface area contributed by atoms with Gasteiger partial charge in [0.05, 0.1) is 31.6 Å². The quantitative estimate of drug-likeness (QED) is 0.760. The van der Waals surface area contributed by atoms with Gasteiger partial charge < -0.3 is 24.8 Å². The van der Waals surface area contributed by atoms with Gasteiger partial charge in [-0.15, -0.1) is 0 Å². The number of hydrogen-bond donors (Lipinski definition) is 3. The number of aliphatic hydroxyl groups excluding tert-OH is 1. The summed E-state index contributed by atoms with van der Waals surface area (Å²) in [5.41, 5.74) is 0.0869. The van der Waals surface area contributed by atoms with Gasteiger partial charge in [0.15, 0.2) is 28.8 Å². The highest BCUT2D eigenvalue weighted by molar-refractivity contribution is 6.19. The lowest BCUT2D eigenvalue weighted by Gasteiger charge is -2.33.